The molecule has 1 unspecified atom stereocenters. The Morgan fingerprint density at radius 2 is 2.17 bits per heavy atom. The maximum Gasteiger partial charge on any atom is 0.359 e. The predicted molar refractivity (Wildman–Crippen MR) is 93.6 cm³/mol. The van der Waals surface area contributed by atoms with Gasteiger partial charge in [0.2, 0.25) is 0 Å². The topological polar surface area (TPSA) is 68.2 Å². The van der Waals surface area contributed by atoms with Crippen LogP contribution in [-0.2, 0) is 4.74 Å². The van der Waals surface area contributed by atoms with E-state index in [1.807, 2.05) is 0 Å². The Hall–Kier alpha value is -2.30. The molecule has 0 aliphatic rings. The maximum absolute atomic E-state index is 12.1. The lowest BCUT2D eigenvalue weighted by atomic mass is 10.3. The van der Waals surface area contributed by atoms with Crippen LogP contribution in [0.3, 0.4) is 0 Å². The molecule has 0 bridgehead atoms. The molecular weight excluding hydrogens is 324 g/mol. The third-order valence-electron chi connectivity index (χ3n) is 3.28. The van der Waals surface area contributed by atoms with Gasteiger partial charge in [-0.3, -0.25) is 14.9 Å². The number of carbonyl (C=O) groups excluding carboxylic acids is 1. The van der Waals surface area contributed by atoms with Crippen molar-refractivity contribution in [3.63, 3.8) is 0 Å². The van der Waals surface area contributed by atoms with Crippen molar-refractivity contribution < 1.29 is 9.53 Å². The lowest BCUT2D eigenvalue weighted by Crippen LogP contribution is -2.23. The van der Waals surface area contributed by atoms with Crippen molar-refractivity contribution in [3.8, 4) is 22.5 Å². The quantitative estimate of drug-likeness (QED) is 0.592. The van der Waals surface area contributed by atoms with Crippen LogP contribution < -0.4 is 0 Å². The van der Waals surface area contributed by atoms with Gasteiger partial charge < -0.3 is 4.74 Å². The van der Waals surface area contributed by atoms with Gasteiger partial charge in [-0.2, -0.15) is 0 Å². The maximum atomic E-state index is 12.1. The SMILES string of the molecule is CCN(CC)CC#CC(C)OC(=O)c1csc(-c2cnccn2)n1. The van der Waals surface area contributed by atoms with Crippen molar-refractivity contribution in [1.82, 2.24) is 19.9 Å². The predicted octanol–water partition coefficient (Wildman–Crippen LogP) is 2.49. The fourth-order valence-corrected chi connectivity index (χ4v) is 2.64. The molecule has 2 rings (SSSR count). The summed E-state index contributed by atoms with van der Waals surface area (Å²) in [6, 6.07) is 0. The molecule has 2 heterocycles. The van der Waals surface area contributed by atoms with E-state index in [0.717, 1.165) is 13.1 Å². The zero-order valence-corrected chi connectivity index (χ0v) is 14.8. The van der Waals surface area contributed by atoms with Crippen molar-refractivity contribution in [3.05, 3.63) is 29.7 Å². The Morgan fingerprint density at radius 3 is 2.83 bits per heavy atom. The number of hydrogen-bond donors (Lipinski definition) is 0. The molecule has 0 saturated carbocycles. The summed E-state index contributed by atoms with van der Waals surface area (Å²) in [5, 5.41) is 2.29. The number of nitrogens with zero attached hydrogens (tertiary/aromatic N) is 4. The highest BCUT2D eigenvalue weighted by molar-refractivity contribution is 7.13. The van der Waals surface area contributed by atoms with Gasteiger partial charge in [-0.05, 0) is 20.0 Å². The minimum atomic E-state index is -0.481. The second-order valence-corrected chi connectivity index (χ2v) is 5.82. The molecule has 0 spiro atoms. The van der Waals surface area contributed by atoms with E-state index in [0.29, 0.717) is 17.2 Å². The third-order valence-corrected chi connectivity index (χ3v) is 4.15. The first-order chi connectivity index (χ1) is 11.6. The second kappa shape index (κ2) is 9.11. The molecule has 126 valence electrons. The summed E-state index contributed by atoms with van der Waals surface area (Å²) in [4.78, 5) is 26.7. The zero-order chi connectivity index (χ0) is 17.4. The summed E-state index contributed by atoms with van der Waals surface area (Å²) < 4.78 is 5.31. The number of thiazole rings is 1. The molecule has 0 radical (unpaired) electrons. The molecule has 0 amide bonds. The van der Waals surface area contributed by atoms with E-state index in [1.54, 1.807) is 30.9 Å². The van der Waals surface area contributed by atoms with Crippen LogP contribution in [0.2, 0.25) is 0 Å². The van der Waals surface area contributed by atoms with Gasteiger partial charge in [0.15, 0.2) is 11.8 Å². The number of esters is 1. The Balaban J connectivity index is 1.93. The average molecular weight is 344 g/mol. The van der Waals surface area contributed by atoms with Gasteiger partial charge in [-0.1, -0.05) is 25.7 Å². The van der Waals surface area contributed by atoms with Gasteiger partial charge >= 0.3 is 5.97 Å². The van der Waals surface area contributed by atoms with Crippen molar-refractivity contribution in [2.75, 3.05) is 19.6 Å². The fraction of sp³-hybridized carbons (Fsp3) is 0.412. The first-order valence-corrected chi connectivity index (χ1v) is 8.65. The summed E-state index contributed by atoms with van der Waals surface area (Å²) in [5.74, 6) is 5.50. The highest BCUT2D eigenvalue weighted by atomic mass is 32.1. The van der Waals surface area contributed by atoms with Gasteiger partial charge in [-0.25, -0.2) is 9.78 Å². The lowest BCUT2D eigenvalue weighted by Gasteiger charge is -2.13. The Labute approximate surface area is 145 Å². The highest BCUT2D eigenvalue weighted by Crippen LogP contribution is 2.21. The van der Waals surface area contributed by atoms with Gasteiger partial charge in [0.25, 0.3) is 0 Å². The first kappa shape index (κ1) is 18.0. The van der Waals surface area contributed by atoms with Crippen LogP contribution in [0.4, 0.5) is 0 Å². The molecule has 0 aliphatic carbocycles. The molecule has 0 saturated heterocycles. The first-order valence-electron chi connectivity index (χ1n) is 7.77. The lowest BCUT2D eigenvalue weighted by molar-refractivity contribution is 0.0432. The number of rotatable bonds is 6. The van der Waals surface area contributed by atoms with E-state index < -0.39 is 12.1 Å². The number of carbonyl (C=O) groups is 1. The zero-order valence-electron chi connectivity index (χ0n) is 14.0. The molecular formula is C17H20N4O2S. The highest BCUT2D eigenvalue weighted by Gasteiger charge is 2.15. The molecule has 6 nitrogen and oxygen atoms in total. The average Bonchev–Trinajstić information content (AvgIpc) is 3.10. The van der Waals surface area contributed by atoms with Crippen LogP contribution in [0, 0.1) is 11.8 Å². The van der Waals surface area contributed by atoms with E-state index in [2.05, 4.69) is 45.5 Å². The van der Waals surface area contributed by atoms with Gasteiger partial charge in [0.1, 0.15) is 10.7 Å². The normalized spacial score (nSPS) is 11.7. The smallest absolute Gasteiger partial charge is 0.359 e. The molecule has 0 aliphatic heterocycles. The van der Waals surface area contributed by atoms with Crippen LogP contribution in [0.5, 0.6) is 0 Å². The molecule has 24 heavy (non-hydrogen) atoms. The van der Waals surface area contributed by atoms with Gasteiger partial charge in [-0.15, -0.1) is 11.3 Å². The number of ether oxygens (including phenoxy) is 1. The van der Waals surface area contributed by atoms with Crippen LogP contribution in [-0.4, -0.2) is 51.6 Å². The molecule has 7 heteroatoms. The van der Waals surface area contributed by atoms with Crippen LogP contribution in [0.25, 0.3) is 10.7 Å². The summed E-state index contributed by atoms with van der Waals surface area (Å²) >= 11 is 1.33. The summed E-state index contributed by atoms with van der Waals surface area (Å²) in [6.45, 7) is 8.50. The van der Waals surface area contributed by atoms with Crippen molar-refractivity contribution >= 4 is 17.3 Å². The Bertz CT molecular complexity index is 717. The van der Waals surface area contributed by atoms with Gasteiger partial charge in [0, 0.05) is 17.8 Å². The van der Waals surface area contributed by atoms with Gasteiger partial charge in [0.05, 0.1) is 12.7 Å². The summed E-state index contributed by atoms with van der Waals surface area (Å²) in [6.07, 6.45) is 4.30. The minimum Gasteiger partial charge on any atom is -0.445 e. The van der Waals surface area contributed by atoms with Crippen LogP contribution >= 0.6 is 11.3 Å². The van der Waals surface area contributed by atoms with E-state index in [9.17, 15) is 4.79 Å². The van der Waals surface area contributed by atoms with E-state index in [-0.39, 0.29) is 5.69 Å². The molecule has 2 aromatic heterocycles. The minimum absolute atomic E-state index is 0.262. The summed E-state index contributed by atoms with van der Waals surface area (Å²) in [7, 11) is 0. The fourth-order valence-electron chi connectivity index (χ4n) is 1.89. The Morgan fingerprint density at radius 1 is 1.38 bits per heavy atom. The summed E-state index contributed by atoms with van der Waals surface area (Å²) in [5.41, 5.74) is 0.895. The molecule has 2 aromatic rings. The second-order valence-electron chi connectivity index (χ2n) is 4.96. The van der Waals surface area contributed by atoms with E-state index in [1.165, 1.54) is 11.3 Å². The molecule has 1 atom stereocenters. The molecule has 0 aromatic carbocycles. The molecule has 0 N–H and O–H groups in total. The Kier molecular flexibility index (Phi) is 6.85. The standard InChI is InChI=1S/C17H20N4O2S/c1-4-21(5-2)10-6-7-13(3)23-17(22)15-12-24-16(20-15)14-11-18-8-9-19-14/h8-9,11-13H,4-5,10H2,1-3H3. The molecule has 0 fully saturated rings. The van der Waals surface area contributed by atoms with Crippen LogP contribution in [0.1, 0.15) is 31.3 Å². The van der Waals surface area contributed by atoms with Crippen molar-refractivity contribution in [1.29, 1.82) is 0 Å². The van der Waals surface area contributed by atoms with Crippen molar-refractivity contribution in [2.45, 2.75) is 26.9 Å². The third kappa shape index (κ3) is 5.11. The largest absolute Gasteiger partial charge is 0.445 e. The van der Waals surface area contributed by atoms with E-state index in [4.69, 9.17) is 4.74 Å². The number of aromatic nitrogens is 3. The monoisotopic (exact) mass is 344 g/mol. The van der Waals surface area contributed by atoms with E-state index >= 15 is 0 Å². The van der Waals surface area contributed by atoms with Crippen LogP contribution in [0.15, 0.2) is 24.0 Å². The number of hydrogen-bond acceptors (Lipinski definition) is 7. The van der Waals surface area contributed by atoms with Crippen molar-refractivity contribution in [2.24, 2.45) is 0 Å².